The van der Waals surface area contributed by atoms with Gasteiger partial charge in [-0.1, -0.05) is 49.1 Å². The molecule has 0 aliphatic heterocycles. The van der Waals surface area contributed by atoms with Crippen molar-refractivity contribution in [2.75, 3.05) is 5.32 Å². The van der Waals surface area contributed by atoms with Crippen LogP contribution in [-0.4, -0.2) is 33.6 Å². The zero-order valence-corrected chi connectivity index (χ0v) is 22.0. The lowest BCUT2D eigenvalue weighted by Crippen LogP contribution is -2.46. The smallest absolute Gasteiger partial charge is 0.247 e. The van der Waals surface area contributed by atoms with Gasteiger partial charge in [-0.2, -0.15) is 0 Å². The number of hydrogen-bond donors (Lipinski definition) is 2. The first-order valence-corrected chi connectivity index (χ1v) is 13.5. The number of anilines is 1. The number of carbonyl (C=O) groups excluding carboxylic acids is 3. The van der Waals surface area contributed by atoms with Gasteiger partial charge in [0.25, 0.3) is 0 Å². The molecule has 0 spiro atoms. The third-order valence-corrected chi connectivity index (χ3v) is 6.90. The molecule has 0 radical (unpaired) electrons. The van der Waals surface area contributed by atoms with Crippen molar-refractivity contribution in [3.05, 3.63) is 83.4 Å². The van der Waals surface area contributed by atoms with Gasteiger partial charge in [0.1, 0.15) is 17.6 Å². The van der Waals surface area contributed by atoms with Crippen molar-refractivity contribution in [3.8, 4) is 0 Å². The monoisotopic (exact) mass is 536 g/mol. The lowest BCUT2D eigenvalue weighted by atomic mass is 9.94. The standard InChI is InChI=1S/C29H33ClN4O4/c30-22-16-14-21(15-17-22)28(29(37)32-23-8-2-1-3-9-23)34(20-24-10-7-19-38-24)27(36)13-6-12-26(35)33-25-11-4-5-18-31-25/h4-5,7,10-11,14-19,23,28H,1-3,6,8-9,12-13,20H2,(H,32,37)(H,31,33,35)/t28-/m0/s1. The number of aromatic nitrogens is 1. The number of furan rings is 1. The third kappa shape index (κ3) is 7.92. The van der Waals surface area contributed by atoms with Crippen LogP contribution in [0.1, 0.15) is 68.7 Å². The fourth-order valence-electron chi connectivity index (χ4n) is 4.72. The predicted molar refractivity (Wildman–Crippen MR) is 145 cm³/mol. The first-order valence-electron chi connectivity index (χ1n) is 13.1. The molecule has 0 bridgehead atoms. The number of rotatable bonds is 11. The molecule has 2 N–H and O–H groups in total. The first-order chi connectivity index (χ1) is 18.5. The Balaban J connectivity index is 1.50. The topological polar surface area (TPSA) is 105 Å². The summed E-state index contributed by atoms with van der Waals surface area (Å²) in [4.78, 5) is 45.3. The Morgan fingerprint density at radius 3 is 2.47 bits per heavy atom. The van der Waals surface area contributed by atoms with Crippen molar-refractivity contribution in [2.45, 2.75) is 70.0 Å². The summed E-state index contributed by atoms with van der Waals surface area (Å²) in [5.74, 6) is 0.331. The minimum Gasteiger partial charge on any atom is -0.467 e. The van der Waals surface area contributed by atoms with Gasteiger partial charge in [-0.15, -0.1) is 0 Å². The van der Waals surface area contributed by atoms with E-state index < -0.39 is 6.04 Å². The van der Waals surface area contributed by atoms with Crippen molar-refractivity contribution in [1.29, 1.82) is 0 Å². The highest BCUT2D eigenvalue weighted by atomic mass is 35.5. The van der Waals surface area contributed by atoms with Gasteiger partial charge in [0, 0.05) is 30.1 Å². The molecular weight excluding hydrogens is 504 g/mol. The highest BCUT2D eigenvalue weighted by Gasteiger charge is 2.33. The Labute approximate surface area is 227 Å². The maximum absolute atomic E-state index is 13.7. The lowest BCUT2D eigenvalue weighted by Gasteiger charge is -2.33. The molecule has 3 aromatic rings. The van der Waals surface area contributed by atoms with Gasteiger partial charge in [0.2, 0.25) is 17.7 Å². The van der Waals surface area contributed by atoms with Gasteiger partial charge < -0.3 is 20.0 Å². The van der Waals surface area contributed by atoms with Gasteiger partial charge >= 0.3 is 0 Å². The zero-order chi connectivity index (χ0) is 26.7. The van der Waals surface area contributed by atoms with E-state index in [9.17, 15) is 14.4 Å². The quantitative estimate of drug-likeness (QED) is 0.329. The molecule has 0 saturated heterocycles. The molecule has 2 heterocycles. The lowest BCUT2D eigenvalue weighted by molar-refractivity contribution is -0.142. The second kappa shape index (κ2) is 13.8. The van der Waals surface area contributed by atoms with Crippen LogP contribution in [0.4, 0.5) is 5.82 Å². The molecule has 1 fully saturated rings. The van der Waals surface area contributed by atoms with E-state index in [-0.39, 0.29) is 43.1 Å². The molecule has 38 heavy (non-hydrogen) atoms. The Morgan fingerprint density at radius 1 is 1.00 bits per heavy atom. The number of benzene rings is 1. The fourth-order valence-corrected chi connectivity index (χ4v) is 4.85. The molecule has 8 nitrogen and oxygen atoms in total. The van der Waals surface area contributed by atoms with Crippen LogP contribution in [0.2, 0.25) is 5.02 Å². The van der Waals surface area contributed by atoms with E-state index in [1.54, 1.807) is 67.1 Å². The molecule has 4 rings (SSSR count). The summed E-state index contributed by atoms with van der Waals surface area (Å²) in [6.07, 6.45) is 8.88. The second-order valence-electron chi connectivity index (χ2n) is 9.52. The van der Waals surface area contributed by atoms with Gasteiger partial charge in [0.05, 0.1) is 12.8 Å². The van der Waals surface area contributed by atoms with Crippen molar-refractivity contribution in [3.63, 3.8) is 0 Å². The number of pyridine rings is 1. The van der Waals surface area contributed by atoms with Crippen LogP contribution in [0.25, 0.3) is 0 Å². The summed E-state index contributed by atoms with van der Waals surface area (Å²) in [7, 11) is 0. The van der Waals surface area contributed by atoms with Crippen molar-refractivity contribution in [2.24, 2.45) is 0 Å². The molecule has 1 aliphatic rings. The van der Waals surface area contributed by atoms with Crippen LogP contribution in [0, 0.1) is 0 Å². The van der Waals surface area contributed by atoms with E-state index in [0.29, 0.717) is 28.6 Å². The summed E-state index contributed by atoms with van der Waals surface area (Å²) in [5.41, 5.74) is 0.663. The summed E-state index contributed by atoms with van der Waals surface area (Å²) >= 11 is 6.13. The zero-order valence-electron chi connectivity index (χ0n) is 21.3. The SMILES string of the molecule is O=C(CCCC(=O)N(Cc1ccco1)[C@H](C(=O)NC1CCCCC1)c1ccc(Cl)cc1)Nc1ccccn1. The molecular formula is C29H33ClN4O4. The highest BCUT2D eigenvalue weighted by Crippen LogP contribution is 2.28. The predicted octanol–water partition coefficient (Wildman–Crippen LogP) is 5.66. The number of nitrogens with one attached hydrogen (secondary N) is 2. The number of nitrogens with zero attached hydrogens (tertiary/aromatic N) is 2. The fraction of sp³-hybridized carbons (Fsp3) is 0.379. The molecule has 1 aromatic carbocycles. The van der Waals surface area contributed by atoms with Gasteiger partial charge in [0.15, 0.2) is 0 Å². The highest BCUT2D eigenvalue weighted by molar-refractivity contribution is 6.30. The number of hydrogen-bond acceptors (Lipinski definition) is 5. The third-order valence-electron chi connectivity index (χ3n) is 6.65. The Bertz CT molecular complexity index is 1180. The van der Waals surface area contributed by atoms with E-state index in [4.69, 9.17) is 16.0 Å². The average Bonchev–Trinajstić information content (AvgIpc) is 3.44. The van der Waals surface area contributed by atoms with E-state index in [1.165, 1.54) is 11.3 Å². The molecule has 2 aromatic heterocycles. The molecule has 1 atom stereocenters. The normalized spacial score (nSPS) is 14.4. The van der Waals surface area contributed by atoms with Crippen LogP contribution >= 0.6 is 11.6 Å². The summed E-state index contributed by atoms with van der Waals surface area (Å²) in [6.45, 7) is 0.122. The molecule has 1 aliphatic carbocycles. The van der Waals surface area contributed by atoms with Crippen molar-refractivity contribution >= 4 is 35.1 Å². The second-order valence-corrected chi connectivity index (χ2v) is 9.95. The molecule has 0 unspecified atom stereocenters. The van der Waals surface area contributed by atoms with Gasteiger partial charge in [-0.3, -0.25) is 14.4 Å². The maximum atomic E-state index is 13.7. The molecule has 1 saturated carbocycles. The molecule has 200 valence electrons. The molecule has 9 heteroatoms. The minimum atomic E-state index is -0.867. The number of amides is 3. The minimum absolute atomic E-state index is 0.0851. The van der Waals surface area contributed by atoms with Crippen LogP contribution in [0.15, 0.2) is 71.5 Å². The van der Waals surface area contributed by atoms with Gasteiger partial charge in [-0.25, -0.2) is 4.98 Å². The number of halogens is 1. The van der Waals surface area contributed by atoms with E-state index in [0.717, 1.165) is 25.7 Å². The Morgan fingerprint density at radius 2 is 1.79 bits per heavy atom. The average molecular weight is 537 g/mol. The van der Waals surface area contributed by atoms with Crippen LogP contribution in [-0.2, 0) is 20.9 Å². The number of carbonyl (C=O) groups is 3. The maximum Gasteiger partial charge on any atom is 0.247 e. The van der Waals surface area contributed by atoms with Crippen LogP contribution in [0.3, 0.4) is 0 Å². The summed E-state index contributed by atoms with van der Waals surface area (Å²) < 4.78 is 5.54. The van der Waals surface area contributed by atoms with Crippen LogP contribution < -0.4 is 10.6 Å². The van der Waals surface area contributed by atoms with Crippen molar-refractivity contribution in [1.82, 2.24) is 15.2 Å². The summed E-state index contributed by atoms with van der Waals surface area (Å²) in [6, 6.07) is 15.0. The van der Waals surface area contributed by atoms with Crippen LogP contribution in [0.5, 0.6) is 0 Å². The largest absolute Gasteiger partial charge is 0.467 e. The van der Waals surface area contributed by atoms with E-state index >= 15 is 0 Å². The van der Waals surface area contributed by atoms with E-state index in [2.05, 4.69) is 15.6 Å². The van der Waals surface area contributed by atoms with Gasteiger partial charge in [-0.05, 0) is 61.2 Å². The first kappa shape index (κ1) is 27.4. The Hall–Kier alpha value is -3.65. The van der Waals surface area contributed by atoms with Crippen molar-refractivity contribution < 1.29 is 18.8 Å². The Kier molecular flexibility index (Phi) is 9.92. The van der Waals surface area contributed by atoms with E-state index in [1.807, 2.05) is 0 Å². The molecule has 3 amide bonds. The summed E-state index contributed by atoms with van der Waals surface area (Å²) in [5, 5.41) is 6.46.